The van der Waals surface area contributed by atoms with Crippen molar-refractivity contribution in [3.63, 3.8) is 0 Å². The van der Waals surface area contributed by atoms with E-state index in [4.69, 9.17) is 0 Å². The fourth-order valence-electron chi connectivity index (χ4n) is 1.91. The maximum Gasteiger partial charge on any atom is 0.248 e. The van der Waals surface area contributed by atoms with Crippen LogP contribution >= 0.6 is 0 Å². The molecule has 1 aromatic carbocycles. The lowest BCUT2D eigenvalue weighted by Gasteiger charge is -2.23. The first-order chi connectivity index (χ1) is 9.11. The van der Waals surface area contributed by atoms with Crippen LogP contribution in [0.3, 0.4) is 0 Å². The van der Waals surface area contributed by atoms with Crippen LogP contribution in [0.5, 0.6) is 5.75 Å². The minimum Gasteiger partial charge on any atom is -0.508 e. The molecule has 0 aliphatic carbocycles. The Kier molecular flexibility index (Phi) is 3.79. The molecule has 100 valence electrons. The Labute approximate surface area is 111 Å². The number of benzene rings is 1. The molecule has 0 aliphatic heterocycles. The zero-order valence-corrected chi connectivity index (χ0v) is 10.9. The normalized spacial score (nSPS) is 10.4. The molecule has 0 aliphatic rings. The molecule has 0 radical (unpaired) electrons. The smallest absolute Gasteiger partial charge is 0.248 e. The van der Waals surface area contributed by atoms with Gasteiger partial charge in [-0.25, -0.2) is 9.67 Å². The molecule has 19 heavy (non-hydrogen) atoms. The fourth-order valence-corrected chi connectivity index (χ4v) is 1.91. The van der Waals surface area contributed by atoms with Gasteiger partial charge in [-0.2, -0.15) is 5.10 Å². The largest absolute Gasteiger partial charge is 0.508 e. The first kappa shape index (κ1) is 13.1. The quantitative estimate of drug-likeness (QED) is 0.900. The number of hydrogen-bond acceptors (Lipinski definition) is 4. The van der Waals surface area contributed by atoms with Gasteiger partial charge in [-0.15, -0.1) is 0 Å². The number of amides is 1. The van der Waals surface area contributed by atoms with Gasteiger partial charge in [0, 0.05) is 12.6 Å². The van der Waals surface area contributed by atoms with E-state index in [0.29, 0.717) is 12.2 Å². The Morgan fingerprint density at radius 3 is 2.89 bits per heavy atom. The van der Waals surface area contributed by atoms with Crippen LogP contribution in [0.2, 0.25) is 0 Å². The highest BCUT2D eigenvalue weighted by molar-refractivity contribution is 5.94. The van der Waals surface area contributed by atoms with Gasteiger partial charge in [-0.1, -0.05) is 6.07 Å². The van der Waals surface area contributed by atoms with E-state index in [1.165, 1.54) is 17.3 Å². The van der Waals surface area contributed by atoms with Crippen molar-refractivity contribution in [2.75, 3.05) is 11.4 Å². The lowest BCUT2D eigenvalue weighted by atomic mass is 10.1. The van der Waals surface area contributed by atoms with Gasteiger partial charge >= 0.3 is 0 Å². The van der Waals surface area contributed by atoms with E-state index < -0.39 is 0 Å². The van der Waals surface area contributed by atoms with Gasteiger partial charge in [-0.3, -0.25) is 4.79 Å². The third-order valence-corrected chi connectivity index (χ3v) is 2.86. The van der Waals surface area contributed by atoms with Crippen molar-refractivity contribution in [1.82, 2.24) is 14.8 Å². The number of anilines is 1. The summed E-state index contributed by atoms with van der Waals surface area (Å²) in [5.74, 6) is 0.0503. The number of aryl methyl sites for hydroxylation is 1. The third kappa shape index (κ3) is 2.90. The van der Waals surface area contributed by atoms with E-state index in [0.717, 1.165) is 5.56 Å². The van der Waals surface area contributed by atoms with Crippen molar-refractivity contribution in [2.24, 2.45) is 0 Å². The Bertz CT molecular complexity index is 566. The predicted octanol–water partition coefficient (Wildman–Crippen LogP) is 1.35. The van der Waals surface area contributed by atoms with Crippen LogP contribution in [0.4, 0.5) is 5.69 Å². The van der Waals surface area contributed by atoms with Gasteiger partial charge in [0.05, 0.1) is 5.69 Å². The lowest BCUT2D eigenvalue weighted by molar-refractivity contribution is -0.119. The van der Waals surface area contributed by atoms with Crippen LogP contribution in [0.25, 0.3) is 0 Å². The summed E-state index contributed by atoms with van der Waals surface area (Å²) in [6.45, 7) is 4.45. The Balaban J connectivity index is 2.24. The summed E-state index contributed by atoms with van der Waals surface area (Å²) < 4.78 is 1.48. The van der Waals surface area contributed by atoms with Crippen LogP contribution in [0.1, 0.15) is 12.5 Å². The molecule has 0 saturated carbocycles. The van der Waals surface area contributed by atoms with E-state index >= 15 is 0 Å². The summed E-state index contributed by atoms with van der Waals surface area (Å²) in [6.07, 6.45) is 2.89. The van der Waals surface area contributed by atoms with Crippen molar-refractivity contribution in [3.8, 4) is 5.75 Å². The highest BCUT2D eigenvalue weighted by atomic mass is 16.3. The molecule has 0 bridgehead atoms. The Hall–Kier alpha value is -2.37. The third-order valence-electron chi connectivity index (χ3n) is 2.86. The second kappa shape index (κ2) is 5.51. The van der Waals surface area contributed by atoms with Crippen LogP contribution in [0, 0.1) is 6.92 Å². The Morgan fingerprint density at radius 1 is 1.47 bits per heavy atom. The minimum absolute atomic E-state index is 0.0956. The van der Waals surface area contributed by atoms with Crippen molar-refractivity contribution in [2.45, 2.75) is 20.4 Å². The number of phenols is 1. The fraction of sp³-hybridized carbons (Fsp3) is 0.308. The predicted molar refractivity (Wildman–Crippen MR) is 70.9 cm³/mol. The number of nitrogens with zero attached hydrogens (tertiary/aromatic N) is 4. The van der Waals surface area contributed by atoms with Gasteiger partial charge in [0.25, 0.3) is 0 Å². The molecule has 0 atom stereocenters. The number of aromatic hydroxyl groups is 1. The number of likely N-dealkylation sites (N-methyl/N-ethyl adjacent to an activating group) is 1. The zero-order chi connectivity index (χ0) is 13.8. The van der Waals surface area contributed by atoms with Gasteiger partial charge in [0.15, 0.2) is 0 Å². The van der Waals surface area contributed by atoms with Crippen molar-refractivity contribution in [3.05, 3.63) is 36.4 Å². The molecular weight excluding hydrogens is 244 g/mol. The molecule has 2 rings (SSSR count). The second-order valence-electron chi connectivity index (χ2n) is 4.20. The first-order valence-electron chi connectivity index (χ1n) is 6.04. The molecule has 0 spiro atoms. The summed E-state index contributed by atoms with van der Waals surface area (Å²) in [4.78, 5) is 17.7. The average Bonchev–Trinajstić information content (AvgIpc) is 2.87. The van der Waals surface area contributed by atoms with Crippen LogP contribution in [-0.4, -0.2) is 32.3 Å². The molecule has 0 fully saturated rings. The minimum atomic E-state index is -0.0956. The number of carbonyl (C=O) groups excluding carboxylic acids is 1. The molecule has 1 heterocycles. The topological polar surface area (TPSA) is 71.2 Å². The molecule has 1 aromatic heterocycles. The van der Waals surface area contributed by atoms with E-state index in [1.54, 1.807) is 23.1 Å². The highest BCUT2D eigenvalue weighted by Crippen LogP contribution is 2.25. The molecule has 0 unspecified atom stereocenters. The summed E-state index contributed by atoms with van der Waals surface area (Å²) in [5.41, 5.74) is 1.65. The summed E-state index contributed by atoms with van der Waals surface area (Å²) in [6, 6.07) is 4.99. The molecule has 6 heteroatoms. The number of hydrogen-bond donors (Lipinski definition) is 1. The van der Waals surface area contributed by atoms with Gasteiger partial charge < -0.3 is 10.0 Å². The lowest BCUT2D eigenvalue weighted by Crippen LogP contribution is -2.34. The van der Waals surface area contributed by atoms with Crippen molar-refractivity contribution in [1.29, 1.82) is 0 Å². The first-order valence-corrected chi connectivity index (χ1v) is 6.04. The van der Waals surface area contributed by atoms with E-state index in [9.17, 15) is 9.90 Å². The van der Waals surface area contributed by atoms with Gasteiger partial charge in [0.2, 0.25) is 5.91 Å². The van der Waals surface area contributed by atoms with Crippen molar-refractivity contribution < 1.29 is 9.90 Å². The molecule has 6 nitrogen and oxygen atoms in total. The van der Waals surface area contributed by atoms with Gasteiger partial charge in [-0.05, 0) is 25.5 Å². The SMILES string of the molecule is CCN(C(=O)Cn1cncn1)c1cc(O)ccc1C. The number of carbonyl (C=O) groups is 1. The summed E-state index contributed by atoms with van der Waals surface area (Å²) >= 11 is 0. The van der Waals surface area contributed by atoms with E-state index in [1.807, 2.05) is 13.8 Å². The number of rotatable bonds is 4. The van der Waals surface area contributed by atoms with Crippen LogP contribution in [0.15, 0.2) is 30.9 Å². The van der Waals surface area contributed by atoms with E-state index in [-0.39, 0.29) is 18.2 Å². The highest BCUT2D eigenvalue weighted by Gasteiger charge is 2.17. The van der Waals surface area contributed by atoms with E-state index in [2.05, 4.69) is 10.1 Å². The summed E-state index contributed by atoms with van der Waals surface area (Å²) in [5, 5.41) is 13.5. The molecule has 1 N–H and O–H groups in total. The molecular formula is C13H16N4O2. The number of phenolic OH excluding ortho intramolecular Hbond substituents is 1. The Morgan fingerprint density at radius 2 is 2.26 bits per heavy atom. The molecule has 0 saturated heterocycles. The molecule has 2 aromatic rings. The standard InChI is InChI=1S/C13H16N4O2/c1-3-17(12-6-11(18)5-4-10(12)2)13(19)7-16-9-14-8-15-16/h4-6,8-9,18H,3,7H2,1-2H3. The second-order valence-corrected chi connectivity index (χ2v) is 4.20. The summed E-state index contributed by atoms with van der Waals surface area (Å²) in [7, 11) is 0. The number of aromatic nitrogens is 3. The monoisotopic (exact) mass is 260 g/mol. The maximum atomic E-state index is 12.3. The molecule has 1 amide bonds. The average molecular weight is 260 g/mol. The maximum absolute atomic E-state index is 12.3. The zero-order valence-electron chi connectivity index (χ0n) is 10.9. The van der Waals surface area contributed by atoms with Crippen LogP contribution < -0.4 is 4.90 Å². The van der Waals surface area contributed by atoms with Crippen molar-refractivity contribution >= 4 is 11.6 Å². The van der Waals surface area contributed by atoms with Crippen LogP contribution in [-0.2, 0) is 11.3 Å². The van der Waals surface area contributed by atoms with Gasteiger partial charge in [0.1, 0.15) is 24.9 Å².